The van der Waals surface area contributed by atoms with Crippen molar-refractivity contribution in [1.29, 1.82) is 0 Å². The Hall–Kier alpha value is -3.83. The summed E-state index contributed by atoms with van der Waals surface area (Å²) < 4.78 is 39.0. The average molecular weight is 467 g/mol. The summed E-state index contributed by atoms with van der Waals surface area (Å²) in [7, 11) is -3.63. The van der Waals surface area contributed by atoms with E-state index < -0.39 is 16.1 Å². The van der Waals surface area contributed by atoms with Gasteiger partial charge < -0.3 is 9.47 Å². The fourth-order valence-corrected chi connectivity index (χ4v) is 5.85. The predicted octanol–water partition coefficient (Wildman–Crippen LogP) is 6.54. The Kier molecular flexibility index (Phi) is 4.82. The number of rotatable bonds is 3. The molecule has 0 bridgehead atoms. The standard InChI is InChI=1S/C29H22O4S/c1-19-10-14-22(15-11-19)34(30,31)18-27-32-25-16-12-20-6-2-4-8-23(20)28(25)29-24-9-5-3-7-21(24)13-17-26(29)33-27/h2-17,27H,18H2,1H3. The van der Waals surface area contributed by atoms with Crippen LogP contribution in [0.15, 0.2) is 102 Å². The molecule has 1 heterocycles. The zero-order valence-corrected chi connectivity index (χ0v) is 19.4. The molecule has 0 fully saturated rings. The van der Waals surface area contributed by atoms with Gasteiger partial charge in [0, 0.05) is 11.1 Å². The molecule has 5 aromatic carbocycles. The van der Waals surface area contributed by atoms with Crippen LogP contribution in [0.3, 0.4) is 0 Å². The Balaban J connectivity index is 1.54. The molecule has 1 aliphatic heterocycles. The Morgan fingerprint density at radius 1 is 0.647 bits per heavy atom. The number of hydrogen-bond acceptors (Lipinski definition) is 4. The van der Waals surface area contributed by atoms with Crippen molar-refractivity contribution in [2.24, 2.45) is 0 Å². The Morgan fingerprint density at radius 2 is 1.15 bits per heavy atom. The smallest absolute Gasteiger partial charge is 0.255 e. The van der Waals surface area contributed by atoms with Crippen LogP contribution in [0, 0.1) is 6.92 Å². The zero-order chi connectivity index (χ0) is 23.3. The van der Waals surface area contributed by atoms with Crippen LogP contribution < -0.4 is 9.47 Å². The van der Waals surface area contributed by atoms with Crippen molar-refractivity contribution >= 4 is 31.4 Å². The van der Waals surface area contributed by atoms with E-state index in [1.165, 1.54) is 0 Å². The van der Waals surface area contributed by atoms with Crippen molar-refractivity contribution in [3.05, 3.63) is 103 Å². The van der Waals surface area contributed by atoms with E-state index in [2.05, 4.69) is 24.3 Å². The molecule has 0 amide bonds. The fourth-order valence-electron chi connectivity index (χ4n) is 4.61. The van der Waals surface area contributed by atoms with Gasteiger partial charge >= 0.3 is 0 Å². The maximum atomic E-state index is 13.2. The summed E-state index contributed by atoms with van der Waals surface area (Å²) >= 11 is 0. The molecular formula is C29H22O4S. The maximum Gasteiger partial charge on any atom is 0.255 e. The van der Waals surface area contributed by atoms with Crippen molar-refractivity contribution in [2.75, 3.05) is 5.75 Å². The van der Waals surface area contributed by atoms with Crippen molar-refractivity contribution < 1.29 is 17.9 Å². The SMILES string of the molecule is Cc1ccc(S(=O)(=O)CC2Oc3ccc4ccccc4c3-c3c(ccc4ccccc34)O2)cc1. The molecule has 5 heteroatoms. The van der Waals surface area contributed by atoms with Gasteiger partial charge in [0.15, 0.2) is 9.84 Å². The number of sulfone groups is 1. The molecule has 168 valence electrons. The van der Waals surface area contributed by atoms with Crippen LogP contribution in [-0.2, 0) is 9.84 Å². The minimum Gasteiger partial charge on any atom is -0.453 e. The molecule has 0 spiro atoms. The van der Waals surface area contributed by atoms with Crippen LogP contribution in [-0.4, -0.2) is 20.5 Å². The second kappa shape index (κ2) is 7.89. The lowest BCUT2D eigenvalue weighted by Crippen LogP contribution is -2.32. The zero-order valence-electron chi connectivity index (χ0n) is 18.6. The molecule has 0 aromatic heterocycles. The van der Waals surface area contributed by atoms with E-state index in [4.69, 9.17) is 9.47 Å². The molecule has 0 saturated carbocycles. The van der Waals surface area contributed by atoms with Gasteiger partial charge in [-0.15, -0.1) is 0 Å². The van der Waals surface area contributed by atoms with E-state index in [0.29, 0.717) is 11.5 Å². The van der Waals surface area contributed by atoms with E-state index in [1.54, 1.807) is 24.3 Å². The summed E-state index contributed by atoms with van der Waals surface area (Å²) in [5.41, 5.74) is 2.84. The highest BCUT2D eigenvalue weighted by molar-refractivity contribution is 7.91. The van der Waals surface area contributed by atoms with E-state index in [-0.39, 0.29) is 10.6 Å². The molecule has 5 aromatic rings. The van der Waals surface area contributed by atoms with Gasteiger partial charge in [-0.05, 0) is 52.7 Å². The minimum absolute atomic E-state index is 0.256. The second-order valence-corrected chi connectivity index (χ2v) is 10.6. The molecule has 0 atom stereocenters. The van der Waals surface area contributed by atoms with Crippen LogP contribution in [0.4, 0.5) is 0 Å². The predicted molar refractivity (Wildman–Crippen MR) is 135 cm³/mol. The number of fused-ring (bicyclic) bond motifs is 7. The van der Waals surface area contributed by atoms with E-state index >= 15 is 0 Å². The third kappa shape index (κ3) is 3.49. The first kappa shape index (κ1) is 20.8. The van der Waals surface area contributed by atoms with Gasteiger partial charge in [-0.25, -0.2) is 8.42 Å². The Morgan fingerprint density at radius 3 is 1.68 bits per heavy atom. The highest BCUT2D eigenvalue weighted by atomic mass is 32.2. The highest BCUT2D eigenvalue weighted by Crippen LogP contribution is 2.47. The van der Waals surface area contributed by atoms with E-state index in [9.17, 15) is 8.42 Å². The van der Waals surface area contributed by atoms with Crippen molar-refractivity contribution in [2.45, 2.75) is 18.1 Å². The number of hydrogen-bond donors (Lipinski definition) is 0. The Labute approximate surface area is 198 Å². The Bertz CT molecular complexity index is 1570. The van der Waals surface area contributed by atoms with E-state index in [1.807, 2.05) is 55.5 Å². The van der Waals surface area contributed by atoms with E-state index in [0.717, 1.165) is 38.2 Å². The fraction of sp³-hybridized carbons (Fsp3) is 0.103. The van der Waals surface area contributed by atoms with Crippen LogP contribution in [0.25, 0.3) is 32.7 Å². The summed E-state index contributed by atoms with van der Waals surface area (Å²) in [5.74, 6) is 0.921. The van der Waals surface area contributed by atoms with Crippen LogP contribution in [0.1, 0.15) is 5.56 Å². The first-order valence-electron chi connectivity index (χ1n) is 11.2. The van der Waals surface area contributed by atoms with Crippen molar-refractivity contribution in [1.82, 2.24) is 0 Å². The van der Waals surface area contributed by atoms with Gasteiger partial charge in [-0.3, -0.25) is 0 Å². The molecule has 0 radical (unpaired) electrons. The molecule has 4 nitrogen and oxygen atoms in total. The topological polar surface area (TPSA) is 52.6 Å². The summed E-state index contributed by atoms with van der Waals surface area (Å²) in [6.45, 7) is 1.93. The van der Waals surface area contributed by atoms with Gasteiger partial charge in [-0.2, -0.15) is 0 Å². The van der Waals surface area contributed by atoms with Gasteiger partial charge in [0.2, 0.25) is 0 Å². The number of ether oxygens (including phenoxy) is 2. The summed E-state index contributed by atoms with van der Waals surface area (Å²) in [6, 6.07) is 30.9. The van der Waals surface area contributed by atoms with Crippen molar-refractivity contribution in [3.63, 3.8) is 0 Å². The third-order valence-corrected chi connectivity index (χ3v) is 7.99. The lowest BCUT2D eigenvalue weighted by atomic mass is 9.92. The highest BCUT2D eigenvalue weighted by Gasteiger charge is 2.30. The first-order chi connectivity index (χ1) is 16.5. The molecule has 0 aliphatic carbocycles. The molecule has 34 heavy (non-hydrogen) atoms. The quantitative estimate of drug-likeness (QED) is 0.303. The van der Waals surface area contributed by atoms with Crippen LogP contribution >= 0.6 is 0 Å². The number of aryl methyl sites for hydroxylation is 1. The second-order valence-electron chi connectivity index (χ2n) is 8.58. The van der Waals surface area contributed by atoms with Crippen molar-refractivity contribution in [3.8, 4) is 22.6 Å². The van der Waals surface area contributed by atoms with Gasteiger partial charge in [-0.1, -0.05) is 78.4 Å². The molecule has 0 unspecified atom stereocenters. The molecule has 1 aliphatic rings. The molecule has 6 rings (SSSR count). The first-order valence-corrected chi connectivity index (χ1v) is 12.8. The minimum atomic E-state index is -3.63. The third-order valence-electron chi connectivity index (χ3n) is 6.28. The average Bonchev–Trinajstić information content (AvgIpc) is 3.00. The molecular weight excluding hydrogens is 444 g/mol. The maximum absolute atomic E-state index is 13.2. The lowest BCUT2D eigenvalue weighted by Gasteiger charge is -2.19. The van der Waals surface area contributed by atoms with Gasteiger partial charge in [0.1, 0.15) is 17.3 Å². The molecule has 0 N–H and O–H groups in total. The summed E-state index contributed by atoms with van der Waals surface area (Å²) in [5, 5.41) is 4.22. The summed E-state index contributed by atoms with van der Waals surface area (Å²) in [4.78, 5) is 0.256. The van der Waals surface area contributed by atoms with Gasteiger partial charge in [0.05, 0.1) is 4.90 Å². The largest absolute Gasteiger partial charge is 0.453 e. The number of benzene rings is 5. The van der Waals surface area contributed by atoms with Gasteiger partial charge in [0.25, 0.3) is 6.29 Å². The molecule has 0 saturated heterocycles. The van der Waals surface area contributed by atoms with Crippen LogP contribution in [0.5, 0.6) is 11.5 Å². The lowest BCUT2D eigenvalue weighted by molar-refractivity contribution is 0.0291. The normalized spacial score (nSPS) is 13.6. The van der Waals surface area contributed by atoms with Crippen LogP contribution in [0.2, 0.25) is 0 Å². The monoisotopic (exact) mass is 466 g/mol. The summed E-state index contributed by atoms with van der Waals surface area (Å²) in [6.07, 6.45) is -0.992.